The predicted molar refractivity (Wildman–Crippen MR) is 89.0 cm³/mol. The minimum atomic E-state index is -3.59. The summed E-state index contributed by atoms with van der Waals surface area (Å²) in [6, 6.07) is 10.9. The van der Waals surface area contributed by atoms with Gasteiger partial charge in [-0.3, -0.25) is 14.3 Å². The third-order valence-corrected chi connectivity index (χ3v) is 4.13. The molecule has 8 heteroatoms. The first-order valence-electron chi connectivity index (χ1n) is 6.95. The van der Waals surface area contributed by atoms with Crippen molar-refractivity contribution in [1.29, 1.82) is 0 Å². The van der Waals surface area contributed by atoms with Crippen LogP contribution in [0, 0.1) is 0 Å². The highest BCUT2D eigenvalue weighted by molar-refractivity contribution is 7.92. The Bertz CT molecular complexity index is 918. The molecule has 1 N–H and O–H groups in total. The number of nitrogens with one attached hydrogen (secondary N) is 1. The Labute approximate surface area is 138 Å². The first kappa shape index (κ1) is 16.0. The van der Waals surface area contributed by atoms with E-state index in [0.29, 0.717) is 5.75 Å². The number of rotatable bonds is 4. The Kier molecular flexibility index (Phi) is 3.76. The number of methoxy groups -OCH3 is 1. The normalized spacial score (nSPS) is 13.8. The van der Waals surface area contributed by atoms with Crippen molar-refractivity contribution in [2.45, 2.75) is 0 Å². The van der Waals surface area contributed by atoms with Crippen LogP contribution in [-0.2, 0) is 10.0 Å². The monoisotopic (exact) mass is 346 g/mol. The van der Waals surface area contributed by atoms with Crippen LogP contribution in [0.15, 0.2) is 42.5 Å². The van der Waals surface area contributed by atoms with Gasteiger partial charge in [-0.05, 0) is 24.3 Å². The zero-order chi connectivity index (χ0) is 17.5. The van der Waals surface area contributed by atoms with Crippen molar-refractivity contribution >= 4 is 33.2 Å². The summed E-state index contributed by atoms with van der Waals surface area (Å²) < 4.78 is 30.6. The first-order valence-corrected chi connectivity index (χ1v) is 8.84. The van der Waals surface area contributed by atoms with Gasteiger partial charge in [0, 0.05) is 6.07 Å². The molecular formula is C16H14N2O5S. The van der Waals surface area contributed by atoms with E-state index < -0.39 is 21.8 Å². The predicted octanol–water partition coefficient (Wildman–Crippen LogP) is 1.87. The number of imide groups is 1. The second kappa shape index (κ2) is 5.64. The molecule has 0 radical (unpaired) electrons. The maximum absolute atomic E-state index is 12.6. The summed E-state index contributed by atoms with van der Waals surface area (Å²) in [4.78, 5) is 26.2. The minimum absolute atomic E-state index is 0.117. The lowest BCUT2D eigenvalue weighted by Gasteiger charge is -2.19. The molecule has 0 saturated carbocycles. The van der Waals surface area contributed by atoms with Crippen molar-refractivity contribution in [3.63, 3.8) is 0 Å². The minimum Gasteiger partial charge on any atom is -0.497 e. The van der Waals surface area contributed by atoms with E-state index in [9.17, 15) is 18.0 Å². The number of nitrogens with zero attached hydrogens (tertiary/aromatic N) is 1. The molecule has 0 aromatic heterocycles. The van der Waals surface area contributed by atoms with E-state index in [-0.39, 0.29) is 22.5 Å². The van der Waals surface area contributed by atoms with Gasteiger partial charge in [0.15, 0.2) is 0 Å². The number of hydrogen-bond donors (Lipinski definition) is 1. The number of carbonyl (C=O) groups excluding carboxylic acids is 2. The van der Waals surface area contributed by atoms with Crippen LogP contribution in [0.1, 0.15) is 20.7 Å². The number of fused-ring (bicyclic) bond motifs is 1. The van der Waals surface area contributed by atoms with E-state index in [2.05, 4.69) is 4.72 Å². The average Bonchev–Trinajstić information content (AvgIpc) is 2.79. The fraction of sp³-hybridized carbons (Fsp3) is 0.125. The van der Waals surface area contributed by atoms with Crippen molar-refractivity contribution in [1.82, 2.24) is 0 Å². The summed E-state index contributed by atoms with van der Waals surface area (Å²) in [5.41, 5.74) is 0.782. The van der Waals surface area contributed by atoms with E-state index in [1.807, 2.05) is 0 Å². The summed E-state index contributed by atoms with van der Waals surface area (Å²) in [7, 11) is -2.16. The highest BCUT2D eigenvalue weighted by Gasteiger charge is 2.37. The number of ether oxygens (including phenoxy) is 1. The van der Waals surface area contributed by atoms with Gasteiger partial charge >= 0.3 is 0 Å². The number of anilines is 2. The Morgan fingerprint density at radius 1 is 1.00 bits per heavy atom. The van der Waals surface area contributed by atoms with Gasteiger partial charge < -0.3 is 4.74 Å². The summed E-state index contributed by atoms with van der Waals surface area (Å²) in [5.74, 6) is -0.638. The maximum atomic E-state index is 12.6. The average molecular weight is 346 g/mol. The van der Waals surface area contributed by atoms with Crippen molar-refractivity contribution < 1.29 is 22.7 Å². The van der Waals surface area contributed by atoms with Gasteiger partial charge in [0.1, 0.15) is 5.75 Å². The molecule has 0 unspecified atom stereocenters. The molecule has 1 heterocycles. The SMILES string of the molecule is COc1ccc(NS(C)(=O)=O)c(N2C(=O)c3ccccc3C2=O)c1. The molecule has 0 atom stereocenters. The van der Waals surface area contributed by atoms with Crippen molar-refractivity contribution in [3.8, 4) is 5.75 Å². The van der Waals surface area contributed by atoms with Gasteiger partial charge in [0.2, 0.25) is 10.0 Å². The topological polar surface area (TPSA) is 92.8 Å². The highest BCUT2D eigenvalue weighted by atomic mass is 32.2. The fourth-order valence-electron chi connectivity index (χ4n) is 2.52. The fourth-order valence-corrected chi connectivity index (χ4v) is 3.09. The number of hydrogen-bond acceptors (Lipinski definition) is 5. The third kappa shape index (κ3) is 2.71. The van der Waals surface area contributed by atoms with Crippen LogP contribution in [0.4, 0.5) is 11.4 Å². The van der Waals surface area contributed by atoms with Crippen molar-refractivity contribution in [2.24, 2.45) is 0 Å². The van der Waals surface area contributed by atoms with E-state index in [1.165, 1.54) is 25.3 Å². The molecule has 0 bridgehead atoms. The van der Waals surface area contributed by atoms with Crippen LogP contribution in [0.5, 0.6) is 5.75 Å². The van der Waals surface area contributed by atoms with Crippen LogP contribution >= 0.6 is 0 Å². The van der Waals surface area contributed by atoms with E-state index in [4.69, 9.17) is 4.74 Å². The third-order valence-electron chi connectivity index (χ3n) is 3.54. The van der Waals surface area contributed by atoms with E-state index >= 15 is 0 Å². The smallest absolute Gasteiger partial charge is 0.266 e. The molecule has 0 saturated heterocycles. The van der Waals surface area contributed by atoms with E-state index in [1.54, 1.807) is 24.3 Å². The van der Waals surface area contributed by atoms with Crippen LogP contribution in [0.2, 0.25) is 0 Å². The number of amides is 2. The Hall–Kier alpha value is -2.87. The standard InChI is InChI=1S/C16H14N2O5S/c1-23-10-7-8-13(17-24(2,21)22)14(9-10)18-15(19)11-5-3-4-6-12(11)16(18)20/h3-9,17H,1-2H3. The largest absolute Gasteiger partial charge is 0.497 e. The lowest BCUT2D eigenvalue weighted by molar-refractivity contribution is 0.0926. The Balaban J connectivity index is 2.15. The summed E-state index contributed by atoms with van der Waals surface area (Å²) in [5, 5.41) is 0. The lowest BCUT2D eigenvalue weighted by Crippen LogP contribution is -2.30. The van der Waals surface area contributed by atoms with Gasteiger partial charge in [-0.25, -0.2) is 13.3 Å². The molecule has 7 nitrogen and oxygen atoms in total. The van der Waals surface area contributed by atoms with Crippen LogP contribution in [-0.4, -0.2) is 33.6 Å². The Morgan fingerprint density at radius 2 is 1.58 bits per heavy atom. The molecule has 24 heavy (non-hydrogen) atoms. The van der Waals surface area contributed by atoms with Gasteiger partial charge in [-0.2, -0.15) is 0 Å². The van der Waals surface area contributed by atoms with Crippen LogP contribution in [0.25, 0.3) is 0 Å². The molecule has 0 spiro atoms. The molecule has 0 fully saturated rings. The van der Waals surface area contributed by atoms with Crippen molar-refractivity contribution in [2.75, 3.05) is 23.0 Å². The molecule has 0 aliphatic carbocycles. The molecule has 1 aliphatic rings. The molecular weight excluding hydrogens is 332 g/mol. The van der Waals surface area contributed by atoms with Crippen LogP contribution < -0.4 is 14.4 Å². The zero-order valence-corrected chi connectivity index (χ0v) is 13.8. The molecule has 2 amide bonds. The number of sulfonamides is 1. The lowest BCUT2D eigenvalue weighted by atomic mass is 10.1. The van der Waals surface area contributed by atoms with Gasteiger partial charge in [-0.1, -0.05) is 12.1 Å². The second-order valence-corrected chi connectivity index (χ2v) is 7.00. The molecule has 2 aromatic rings. The first-order chi connectivity index (χ1) is 11.3. The Morgan fingerprint density at radius 3 is 2.08 bits per heavy atom. The van der Waals surface area contributed by atoms with Gasteiger partial charge in [0.05, 0.1) is 35.9 Å². The molecule has 1 aliphatic heterocycles. The molecule has 124 valence electrons. The summed E-state index contributed by atoms with van der Waals surface area (Å²) in [6.45, 7) is 0. The summed E-state index contributed by atoms with van der Waals surface area (Å²) >= 11 is 0. The van der Waals surface area contributed by atoms with Gasteiger partial charge in [-0.15, -0.1) is 0 Å². The second-order valence-electron chi connectivity index (χ2n) is 5.25. The molecule has 3 rings (SSSR count). The van der Waals surface area contributed by atoms with Crippen molar-refractivity contribution in [3.05, 3.63) is 53.6 Å². The van der Waals surface area contributed by atoms with Crippen LogP contribution in [0.3, 0.4) is 0 Å². The number of benzene rings is 2. The van der Waals surface area contributed by atoms with Gasteiger partial charge in [0.25, 0.3) is 11.8 Å². The maximum Gasteiger partial charge on any atom is 0.266 e. The zero-order valence-electron chi connectivity index (χ0n) is 12.9. The summed E-state index contributed by atoms with van der Waals surface area (Å²) in [6.07, 6.45) is 0.989. The number of carbonyl (C=O) groups is 2. The van der Waals surface area contributed by atoms with E-state index in [0.717, 1.165) is 11.2 Å². The molecule has 2 aromatic carbocycles. The highest BCUT2D eigenvalue weighted by Crippen LogP contribution is 2.36. The quantitative estimate of drug-likeness (QED) is 0.853.